The zero-order valence-electron chi connectivity index (χ0n) is 27.8. The minimum absolute atomic E-state index is 0.00209. The molecular formula is C37H34Cl2N4O8. The molecule has 264 valence electrons. The second-order valence-corrected chi connectivity index (χ2v) is 13.1. The third kappa shape index (κ3) is 8.03. The number of rotatable bonds is 13. The average Bonchev–Trinajstić information content (AvgIpc) is 3.57. The molecule has 0 spiro atoms. The van der Waals surface area contributed by atoms with Gasteiger partial charge in [0, 0.05) is 24.4 Å². The van der Waals surface area contributed by atoms with Crippen molar-refractivity contribution in [2.75, 3.05) is 13.7 Å². The molecule has 0 aliphatic carbocycles. The highest BCUT2D eigenvalue weighted by molar-refractivity contribution is 6.39. The fraction of sp³-hybridized carbons (Fsp3) is 0.270. The maximum absolute atomic E-state index is 14.5. The van der Waals surface area contributed by atoms with Crippen LogP contribution in [0.1, 0.15) is 53.1 Å². The molecule has 5 rings (SSSR count). The van der Waals surface area contributed by atoms with Gasteiger partial charge in [0.25, 0.3) is 11.8 Å². The summed E-state index contributed by atoms with van der Waals surface area (Å²) in [7, 11) is 1.26. The highest BCUT2D eigenvalue weighted by Crippen LogP contribution is 2.39. The number of carbonyl (C=O) groups is 5. The van der Waals surface area contributed by atoms with Gasteiger partial charge in [0.2, 0.25) is 5.60 Å². The molecule has 3 atom stereocenters. The van der Waals surface area contributed by atoms with Gasteiger partial charge in [-0.05, 0) is 30.2 Å². The Morgan fingerprint density at radius 1 is 0.941 bits per heavy atom. The number of Topliss-reactive ketones (excluding diaryl/α,β-unsaturated/α-hetero) is 1. The number of aliphatic carboxylic acids is 1. The van der Waals surface area contributed by atoms with Crippen molar-refractivity contribution in [3.8, 4) is 0 Å². The predicted octanol–water partition coefficient (Wildman–Crippen LogP) is 5.70. The topological polar surface area (TPSA) is 165 Å². The van der Waals surface area contributed by atoms with Crippen LogP contribution in [0.5, 0.6) is 0 Å². The summed E-state index contributed by atoms with van der Waals surface area (Å²) >= 11 is 12.2. The molecule has 51 heavy (non-hydrogen) atoms. The number of carboxylic acids is 1. The summed E-state index contributed by atoms with van der Waals surface area (Å²) in [5.41, 5.74) is -0.427. The van der Waals surface area contributed by atoms with E-state index in [4.69, 9.17) is 32.8 Å². The van der Waals surface area contributed by atoms with Gasteiger partial charge in [-0.15, -0.1) is 0 Å². The molecule has 2 amide bonds. The Morgan fingerprint density at radius 2 is 1.61 bits per heavy atom. The lowest BCUT2D eigenvalue weighted by Gasteiger charge is -2.34. The number of oxime groups is 1. The molecule has 14 heteroatoms. The van der Waals surface area contributed by atoms with Crippen molar-refractivity contribution in [1.29, 1.82) is 0 Å². The van der Waals surface area contributed by atoms with Crippen molar-refractivity contribution < 1.29 is 38.7 Å². The van der Waals surface area contributed by atoms with Crippen LogP contribution in [0.4, 0.5) is 0 Å². The van der Waals surface area contributed by atoms with E-state index in [1.54, 1.807) is 48.5 Å². The van der Waals surface area contributed by atoms with Crippen LogP contribution in [-0.4, -0.2) is 76.0 Å². The van der Waals surface area contributed by atoms with Crippen molar-refractivity contribution in [3.05, 3.63) is 112 Å². The van der Waals surface area contributed by atoms with Gasteiger partial charge < -0.3 is 24.9 Å². The number of carbonyl (C=O) groups excluding carboxylic acids is 4. The molecule has 0 radical (unpaired) electrons. The first kappa shape index (κ1) is 36.9. The molecule has 3 aromatic carbocycles. The number of pyridine rings is 1. The molecular weight excluding hydrogens is 699 g/mol. The molecule has 0 saturated heterocycles. The largest absolute Gasteiger partial charge is 0.481 e. The molecule has 1 aliphatic heterocycles. The molecule has 2 heterocycles. The maximum Gasteiger partial charge on any atom is 0.341 e. The number of benzene rings is 3. The number of hydrogen-bond acceptors (Lipinski definition) is 9. The highest BCUT2D eigenvalue weighted by Gasteiger charge is 2.53. The zero-order chi connectivity index (χ0) is 36.9. The van der Waals surface area contributed by atoms with E-state index < -0.39 is 60.2 Å². The average molecular weight is 734 g/mol. The van der Waals surface area contributed by atoms with Gasteiger partial charge in [-0.25, -0.2) is 9.78 Å². The summed E-state index contributed by atoms with van der Waals surface area (Å²) in [4.78, 5) is 77.5. The summed E-state index contributed by atoms with van der Waals surface area (Å²) < 4.78 is 5.16. The van der Waals surface area contributed by atoms with Gasteiger partial charge in [-0.3, -0.25) is 19.2 Å². The van der Waals surface area contributed by atoms with E-state index in [1.165, 1.54) is 25.2 Å². The monoisotopic (exact) mass is 732 g/mol. The van der Waals surface area contributed by atoms with Crippen LogP contribution < -0.4 is 5.32 Å². The molecule has 2 N–H and O–H groups in total. The first-order valence-corrected chi connectivity index (χ1v) is 16.7. The molecule has 1 unspecified atom stereocenters. The smallest absolute Gasteiger partial charge is 0.341 e. The normalized spacial score (nSPS) is 16.5. The molecule has 0 bridgehead atoms. The van der Waals surface area contributed by atoms with E-state index in [0.29, 0.717) is 16.8 Å². The number of carboxylic acid groups (broad SMARTS) is 1. The maximum atomic E-state index is 14.5. The number of esters is 1. The van der Waals surface area contributed by atoms with E-state index in [1.807, 2.05) is 32.0 Å². The first-order chi connectivity index (χ1) is 24.3. The van der Waals surface area contributed by atoms with Gasteiger partial charge >= 0.3 is 11.9 Å². The Morgan fingerprint density at radius 3 is 2.27 bits per heavy atom. The van der Waals surface area contributed by atoms with Gasteiger partial charge in [0.1, 0.15) is 11.7 Å². The third-order valence-corrected chi connectivity index (χ3v) is 9.15. The van der Waals surface area contributed by atoms with Crippen LogP contribution >= 0.6 is 23.2 Å². The highest BCUT2D eigenvalue weighted by atomic mass is 35.5. The number of para-hydroxylation sites is 1. The number of aromatic nitrogens is 1. The number of amides is 2. The van der Waals surface area contributed by atoms with Crippen LogP contribution in [0.25, 0.3) is 10.9 Å². The standard InChI is InChI=1S/C37H34Cl2N4O8/c1-21(2)33(41-34(47)27-17-16-22-10-7-8-15-26(22)40-27)28-19-37(51-42-28,23-11-5-4-6-12-23)36(49)43(3)29(18-31(45)46)30(44)20-50-35(48)32-24(38)13-9-14-25(32)39/h4-17,21,29,33H,18-20H2,1-3H3,(H,41,47)(H,45,46)/t29-,33-,37?/m0/s1. The lowest BCUT2D eigenvalue weighted by molar-refractivity contribution is -0.161. The second-order valence-electron chi connectivity index (χ2n) is 12.3. The number of fused-ring (bicyclic) bond motifs is 1. The number of nitrogens with zero attached hydrogens (tertiary/aromatic N) is 3. The van der Waals surface area contributed by atoms with Crippen molar-refractivity contribution >= 4 is 69.4 Å². The molecule has 12 nitrogen and oxygen atoms in total. The fourth-order valence-electron chi connectivity index (χ4n) is 5.82. The molecule has 1 aliphatic rings. The number of ketones is 1. The van der Waals surface area contributed by atoms with Crippen LogP contribution in [0.15, 0.2) is 90.1 Å². The van der Waals surface area contributed by atoms with Gasteiger partial charge in [-0.2, -0.15) is 0 Å². The third-order valence-electron chi connectivity index (χ3n) is 8.52. The number of likely N-dealkylation sites (N-methyl/N-ethyl adjacent to an activating group) is 1. The zero-order valence-corrected chi connectivity index (χ0v) is 29.4. The summed E-state index contributed by atoms with van der Waals surface area (Å²) in [5, 5.41) is 17.9. The Kier molecular flexibility index (Phi) is 11.4. The van der Waals surface area contributed by atoms with Gasteiger partial charge in [0.15, 0.2) is 12.4 Å². The number of ether oxygens (including phenoxy) is 1. The number of hydrogen-bond donors (Lipinski definition) is 2. The SMILES string of the molecule is CC(C)[C@H](NC(=O)c1ccc2ccccc2n1)C1=NOC(C(=O)N(C)[C@@H](CC(=O)O)C(=O)COC(=O)c2c(Cl)cccc2Cl)(c2ccccc2)C1. The van der Waals surface area contributed by atoms with Crippen LogP contribution in [0, 0.1) is 5.92 Å². The minimum atomic E-state index is -1.83. The Balaban J connectivity index is 1.39. The summed E-state index contributed by atoms with van der Waals surface area (Å²) in [6.45, 7) is 2.87. The molecule has 0 saturated carbocycles. The van der Waals surface area contributed by atoms with Crippen molar-refractivity contribution in [2.24, 2.45) is 11.1 Å². The lowest BCUT2D eigenvalue weighted by Crippen LogP contribution is -2.54. The Labute approximate surface area is 303 Å². The van der Waals surface area contributed by atoms with Crippen LogP contribution in [0.3, 0.4) is 0 Å². The number of halogens is 2. The summed E-state index contributed by atoms with van der Waals surface area (Å²) in [6, 6.07) is 21.3. The van der Waals surface area contributed by atoms with E-state index >= 15 is 0 Å². The molecule has 4 aromatic rings. The minimum Gasteiger partial charge on any atom is -0.481 e. The van der Waals surface area contributed by atoms with Gasteiger partial charge in [0.05, 0.1) is 39.3 Å². The summed E-state index contributed by atoms with van der Waals surface area (Å²) in [6.07, 6.45) is -0.935. The van der Waals surface area contributed by atoms with E-state index in [0.717, 1.165) is 10.3 Å². The van der Waals surface area contributed by atoms with Crippen LogP contribution in [-0.2, 0) is 29.6 Å². The predicted molar refractivity (Wildman–Crippen MR) is 190 cm³/mol. The van der Waals surface area contributed by atoms with E-state index in [2.05, 4.69) is 15.5 Å². The summed E-state index contributed by atoms with van der Waals surface area (Å²) in [5.74, 6) is -4.70. The Bertz CT molecular complexity index is 2000. The fourth-order valence-corrected chi connectivity index (χ4v) is 6.37. The van der Waals surface area contributed by atoms with Crippen molar-refractivity contribution in [2.45, 2.75) is 44.4 Å². The van der Waals surface area contributed by atoms with Crippen molar-refractivity contribution in [3.63, 3.8) is 0 Å². The Hall–Kier alpha value is -5.33. The molecule has 0 fully saturated rings. The lowest BCUT2D eigenvalue weighted by atomic mass is 9.83. The first-order valence-electron chi connectivity index (χ1n) is 15.9. The number of nitrogens with one attached hydrogen (secondary N) is 1. The molecule has 1 aromatic heterocycles. The van der Waals surface area contributed by atoms with Crippen molar-refractivity contribution in [1.82, 2.24) is 15.2 Å². The van der Waals surface area contributed by atoms with E-state index in [-0.39, 0.29) is 33.6 Å². The van der Waals surface area contributed by atoms with E-state index in [9.17, 15) is 29.1 Å². The second kappa shape index (κ2) is 15.7. The van der Waals surface area contributed by atoms with Gasteiger partial charge in [-0.1, -0.05) is 103 Å². The van der Waals surface area contributed by atoms with Crippen LogP contribution in [0.2, 0.25) is 10.0 Å². The quantitative estimate of drug-likeness (QED) is 0.164.